The van der Waals surface area contributed by atoms with E-state index in [4.69, 9.17) is 9.47 Å². The van der Waals surface area contributed by atoms with E-state index in [1.807, 2.05) is 34.9 Å². The van der Waals surface area contributed by atoms with Crippen molar-refractivity contribution in [2.45, 2.75) is 71.1 Å². The number of aromatic nitrogens is 6. The summed E-state index contributed by atoms with van der Waals surface area (Å²) in [6.07, 6.45) is 3.96. The van der Waals surface area contributed by atoms with Gasteiger partial charge in [-0.05, 0) is 39.5 Å². The number of amides is 1. The molecule has 1 N–H and O–H groups in total. The first-order valence-electron chi connectivity index (χ1n) is 12.3. The number of anilines is 1. The Morgan fingerprint density at radius 1 is 1.29 bits per heavy atom. The summed E-state index contributed by atoms with van der Waals surface area (Å²) in [5.74, 6) is 3.82. The van der Waals surface area contributed by atoms with Gasteiger partial charge in [0.15, 0.2) is 17.2 Å². The molecule has 0 aliphatic carbocycles. The van der Waals surface area contributed by atoms with Crippen molar-refractivity contribution < 1.29 is 14.3 Å². The van der Waals surface area contributed by atoms with Gasteiger partial charge in [0.25, 0.3) is 0 Å². The highest BCUT2D eigenvalue weighted by molar-refractivity contribution is 5.75. The Kier molecular flexibility index (Phi) is 7.51. The Balaban J connectivity index is 1.56. The lowest BCUT2D eigenvalue weighted by Gasteiger charge is -2.34. The molecule has 0 saturated carbocycles. The Morgan fingerprint density at radius 2 is 2.06 bits per heavy atom. The first-order valence-corrected chi connectivity index (χ1v) is 12.3. The van der Waals surface area contributed by atoms with Crippen molar-refractivity contribution in [1.82, 2.24) is 34.8 Å². The van der Waals surface area contributed by atoms with Crippen LogP contribution in [0.2, 0.25) is 0 Å². The van der Waals surface area contributed by atoms with Gasteiger partial charge in [0, 0.05) is 53.0 Å². The fourth-order valence-corrected chi connectivity index (χ4v) is 4.87. The van der Waals surface area contributed by atoms with E-state index in [0.717, 1.165) is 55.8 Å². The van der Waals surface area contributed by atoms with Gasteiger partial charge in [-0.15, -0.1) is 10.2 Å². The minimum atomic E-state index is -0.606. The zero-order valence-electron chi connectivity index (χ0n) is 21.1. The van der Waals surface area contributed by atoms with Crippen LogP contribution in [0.15, 0.2) is 0 Å². The maximum Gasteiger partial charge on any atom is 0.227 e. The van der Waals surface area contributed by atoms with E-state index >= 15 is 0 Å². The Labute approximate surface area is 201 Å². The van der Waals surface area contributed by atoms with Crippen LogP contribution < -0.4 is 4.90 Å². The van der Waals surface area contributed by atoms with E-state index in [1.54, 1.807) is 4.90 Å². The number of ether oxygens (including phenoxy) is 2. The van der Waals surface area contributed by atoms with Crippen LogP contribution in [0.1, 0.15) is 57.0 Å². The van der Waals surface area contributed by atoms with Gasteiger partial charge in [0.05, 0.1) is 19.3 Å². The van der Waals surface area contributed by atoms with Crippen molar-refractivity contribution in [2.75, 3.05) is 45.3 Å². The summed E-state index contributed by atoms with van der Waals surface area (Å²) >= 11 is 0. The molecule has 0 spiro atoms. The van der Waals surface area contributed by atoms with Gasteiger partial charge >= 0.3 is 0 Å². The summed E-state index contributed by atoms with van der Waals surface area (Å²) in [4.78, 5) is 20.6. The van der Waals surface area contributed by atoms with Crippen molar-refractivity contribution >= 4 is 11.9 Å². The van der Waals surface area contributed by atoms with Crippen LogP contribution in [0, 0.1) is 12.8 Å². The maximum atomic E-state index is 12.2. The molecule has 1 atom stereocenters. The van der Waals surface area contributed by atoms with E-state index in [-0.39, 0.29) is 12.0 Å². The Morgan fingerprint density at radius 3 is 2.65 bits per heavy atom. The van der Waals surface area contributed by atoms with Crippen molar-refractivity contribution in [3.63, 3.8) is 0 Å². The molecule has 2 saturated heterocycles. The van der Waals surface area contributed by atoms with Crippen molar-refractivity contribution in [3.05, 3.63) is 17.5 Å². The predicted octanol–water partition coefficient (Wildman–Crippen LogP) is 1.68. The number of aromatic amines is 1. The van der Waals surface area contributed by atoms with E-state index < -0.39 is 5.60 Å². The SMILES string of the molecule is Cc1nc(CCn2c(N3CCC(CC(=O)N(C)C)CC3)nnc2C2(OC(C)C)CCOC2)n[nH]1. The number of nitrogens with zero attached hydrogens (tertiary/aromatic N) is 7. The number of carbonyl (C=O) groups excluding carboxylic acids is 1. The number of rotatable bonds is 9. The van der Waals surface area contributed by atoms with Gasteiger partial charge in [-0.25, -0.2) is 4.98 Å². The van der Waals surface area contributed by atoms with Crippen LogP contribution >= 0.6 is 0 Å². The second-order valence-corrected chi connectivity index (χ2v) is 9.95. The van der Waals surface area contributed by atoms with Crippen LogP contribution in [-0.4, -0.2) is 87.3 Å². The molecule has 4 rings (SSSR count). The summed E-state index contributed by atoms with van der Waals surface area (Å²) in [6, 6.07) is 0. The molecule has 2 aliphatic heterocycles. The fraction of sp³-hybridized carbons (Fsp3) is 0.783. The molecule has 1 amide bonds. The summed E-state index contributed by atoms with van der Waals surface area (Å²) in [7, 11) is 3.64. The van der Waals surface area contributed by atoms with E-state index in [9.17, 15) is 4.79 Å². The second-order valence-electron chi connectivity index (χ2n) is 9.95. The van der Waals surface area contributed by atoms with E-state index in [0.29, 0.717) is 38.5 Å². The van der Waals surface area contributed by atoms with Crippen molar-refractivity contribution in [2.24, 2.45) is 5.92 Å². The lowest BCUT2D eigenvalue weighted by Crippen LogP contribution is -2.39. The molecule has 0 aromatic carbocycles. The third-order valence-electron chi connectivity index (χ3n) is 6.65. The van der Waals surface area contributed by atoms with E-state index in [1.165, 1.54) is 0 Å². The van der Waals surface area contributed by atoms with Crippen LogP contribution in [0.3, 0.4) is 0 Å². The number of hydrogen-bond acceptors (Lipinski definition) is 8. The molecule has 2 fully saturated rings. The molecule has 2 aliphatic rings. The Bertz CT molecular complexity index is 955. The number of hydrogen-bond donors (Lipinski definition) is 1. The van der Waals surface area contributed by atoms with Gasteiger partial charge in [-0.2, -0.15) is 5.10 Å². The molecule has 11 heteroatoms. The zero-order valence-corrected chi connectivity index (χ0v) is 21.1. The van der Waals surface area contributed by atoms with Gasteiger partial charge in [0.2, 0.25) is 11.9 Å². The number of carbonyl (C=O) groups is 1. The first kappa shape index (κ1) is 24.6. The van der Waals surface area contributed by atoms with Gasteiger partial charge < -0.3 is 19.3 Å². The third kappa shape index (κ3) is 5.41. The average molecular weight is 475 g/mol. The van der Waals surface area contributed by atoms with Crippen LogP contribution in [0.25, 0.3) is 0 Å². The molecule has 11 nitrogen and oxygen atoms in total. The largest absolute Gasteiger partial charge is 0.378 e. The first-order chi connectivity index (χ1) is 16.3. The van der Waals surface area contributed by atoms with Crippen LogP contribution in [0.5, 0.6) is 0 Å². The number of nitrogens with one attached hydrogen (secondary N) is 1. The normalized spacial score (nSPS) is 21.5. The second kappa shape index (κ2) is 10.4. The highest BCUT2D eigenvalue weighted by Gasteiger charge is 2.44. The molecular weight excluding hydrogens is 436 g/mol. The smallest absolute Gasteiger partial charge is 0.227 e. The summed E-state index contributed by atoms with van der Waals surface area (Å²) < 4.78 is 14.4. The van der Waals surface area contributed by atoms with Gasteiger partial charge in [0.1, 0.15) is 5.82 Å². The summed E-state index contributed by atoms with van der Waals surface area (Å²) in [5.41, 5.74) is -0.606. The zero-order chi connectivity index (χ0) is 24.3. The highest BCUT2D eigenvalue weighted by atomic mass is 16.6. The quantitative estimate of drug-likeness (QED) is 0.584. The molecule has 0 radical (unpaired) electrons. The molecule has 4 heterocycles. The van der Waals surface area contributed by atoms with Crippen molar-refractivity contribution in [3.8, 4) is 0 Å². The monoisotopic (exact) mass is 474 g/mol. The average Bonchev–Trinajstić information content (AvgIpc) is 3.52. The van der Waals surface area contributed by atoms with Crippen LogP contribution in [-0.2, 0) is 32.8 Å². The summed E-state index contributed by atoms with van der Waals surface area (Å²) in [6.45, 7) is 9.43. The molecule has 188 valence electrons. The van der Waals surface area contributed by atoms with Crippen LogP contribution in [0.4, 0.5) is 5.95 Å². The van der Waals surface area contributed by atoms with Gasteiger partial charge in [-0.3, -0.25) is 14.5 Å². The Hall–Kier alpha value is -2.53. The fourth-order valence-electron chi connectivity index (χ4n) is 4.87. The van der Waals surface area contributed by atoms with E-state index in [2.05, 4.69) is 34.8 Å². The molecule has 2 aromatic heterocycles. The summed E-state index contributed by atoms with van der Waals surface area (Å²) in [5, 5.41) is 16.5. The third-order valence-corrected chi connectivity index (χ3v) is 6.65. The number of H-pyrrole nitrogens is 1. The number of aryl methyl sites for hydroxylation is 2. The molecular formula is C23H38N8O3. The molecule has 2 aromatic rings. The lowest BCUT2D eigenvalue weighted by atomic mass is 9.93. The standard InChI is InChI=1S/C23H38N8O3/c1-16(2)34-23(9-13-33-15-23)21-27-28-22(31(21)12-8-19-24-17(3)25-26-19)30-10-6-18(7-11-30)14-20(32)29(4)5/h16,18H,6-15H2,1-5H3,(H,24,25,26). The number of piperidine rings is 1. The highest BCUT2D eigenvalue weighted by Crippen LogP contribution is 2.37. The van der Waals surface area contributed by atoms with Gasteiger partial charge in [-0.1, -0.05) is 0 Å². The predicted molar refractivity (Wildman–Crippen MR) is 126 cm³/mol. The molecule has 34 heavy (non-hydrogen) atoms. The maximum absolute atomic E-state index is 12.2. The minimum Gasteiger partial charge on any atom is -0.378 e. The molecule has 0 bridgehead atoms. The topological polar surface area (TPSA) is 114 Å². The molecule has 1 unspecified atom stereocenters. The van der Waals surface area contributed by atoms with Crippen molar-refractivity contribution in [1.29, 1.82) is 0 Å². The minimum absolute atomic E-state index is 0.0379. The lowest BCUT2D eigenvalue weighted by molar-refractivity contribution is -0.129.